The van der Waals surface area contributed by atoms with Gasteiger partial charge >= 0.3 is 5.69 Å². The number of benzene rings is 2. The zero-order valence-electron chi connectivity index (χ0n) is 16.1. The number of piperidine rings is 1. The number of rotatable bonds is 5. The number of carbonyl (C=O) groups excluding carboxylic acids is 1. The van der Waals surface area contributed by atoms with Gasteiger partial charge in [-0.3, -0.25) is 9.78 Å². The quantitative estimate of drug-likeness (QED) is 0.702. The summed E-state index contributed by atoms with van der Waals surface area (Å²) in [6.07, 6.45) is 1.94. The van der Waals surface area contributed by atoms with Crippen LogP contribution in [0.4, 0.5) is 0 Å². The van der Waals surface area contributed by atoms with Crippen LogP contribution in [0.25, 0.3) is 0 Å². The fraction of sp³-hybridized carbons (Fsp3) is 0.318. The van der Waals surface area contributed by atoms with Crippen LogP contribution in [0.2, 0.25) is 5.02 Å². The highest BCUT2D eigenvalue weighted by Gasteiger charge is 2.26. The maximum Gasteiger partial charge on any atom is 0.343 e. The molecule has 0 radical (unpaired) electrons. The van der Waals surface area contributed by atoms with Crippen LogP contribution in [0, 0.1) is 0 Å². The lowest BCUT2D eigenvalue weighted by Gasteiger charge is -2.31. The molecule has 1 saturated heterocycles. The molecule has 6 nitrogen and oxygen atoms in total. The van der Waals surface area contributed by atoms with Gasteiger partial charge in [0, 0.05) is 24.0 Å². The number of hydrogen-bond donors (Lipinski definition) is 1. The number of halogens is 1. The van der Waals surface area contributed by atoms with E-state index in [0.717, 1.165) is 24.0 Å². The molecule has 29 heavy (non-hydrogen) atoms. The van der Waals surface area contributed by atoms with Crippen molar-refractivity contribution < 1.29 is 4.79 Å². The van der Waals surface area contributed by atoms with Crippen LogP contribution in [0.5, 0.6) is 0 Å². The number of nitrogens with one attached hydrogen (secondary N) is 1. The third-order valence-corrected chi connectivity index (χ3v) is 5.59. The molecule has 150 valence electrons. The molecule has 4 rings (SSSR count). The van der Waals surface area contributed by atoms with Gasteiger partial charge in [-0.15, -0.1) is 0 Å². The second-order valence-corrected chi connectivity index (χ2v) is 7.86. The lowest BCUT2D eigenvalue weighted by Crippen LogP contribution is -2.39. The van der Waals surface area contributed by atoms with E-state index >= 15 is 0 Å². The molecule has 1 amide bonds. The van der Waals surface area contributed by atoms with Gasteiger partial charge in [0.05, 0.1) is 13.0 Å². The summed E-state index contributed by atoms with van der Waals surface area (Å²) in [5.41, 5.74) is 1.77. The molecule has 1 N–H and O–H groups in total. The average molecular weight is 411 g/mol. The van der Waals surface area contributed by atoms with Crippen molar-refractivity contribution in [3.63, 3.8) is 0 Å². The van der Waals surface area contributed by atoms with Crippen LogP contribution in [0.3, 0.4) is 0 Å². The summed E-state index contributed by atoms with van der Waals surface area (Å²) in [6.45, 7) is 1.78. The number of carbonyl (C=O) groups is 1. The van der Waals surface area contributed by atoms with Crippen molar-refractivity contribution in [2.75, 3.05) is 13.1 Å². The number of nitrogens with zero attached hydrogens (tertiary/aromatic N) is 3. The summed E-state index contributed by atoms with van der Waals surface area (Å²) >= 11 is 6.00. The van der Waals surface area contributed by atoms with E-state index in [1.165, 1.54) is 4.68 Å². The van der Waals surface area contributed by atoms with Crippen molar-refractivity contribution in [2.45, 2.75) is 31.7 Å². The first-order chi connectivity index (χ1) is 14.1. The number of H-pyrrole nitrogens is 1. The predicted molar refractivity (Wildman–Crippen MR) is 112 cm³/mol. The summed E-state index contributed by atoms with van der Waals surface area (Å²) in [4.78, 5) is 29.6. The van der Waals surface area contributed by atoms with Gasteiger partial charge in [-0.05, 0) is 36.1 Å². The molecule has 0 atom stereocenters. The first kappa shape index (κ1) is 19.5. The molecule has 2 heterocycles. The molecule has 1 aliphatic heterocycles. The summed E-state index contributed by atoms with van der Waals surface area (Å²) in [5.74, 6) is 0.983. The summed E-state index contributed by atoms with van der Waals surface area (Å²) < 4.78 is 1.47. The monoisotopic (exact) mass is 410 g/mol. The standard InChI is InChI=1S/C22H23ClN4O2/c23-19-8-4-7-17(13-19)14-20(28)26-11-9-18(10-12-26)21-24-22(29)27(25-21)15-16-5-2-1-3-6-16/h1-8,13,18H,9-12,14-15H2,(H,24,25,29). The third kappa shape index (κ3) is 4.77. The van der Waals surface area contributed by atoms with Crippen LogP contribution in [0.1, 0.15) is 35.7 Å². The van der Waals surface area contributed by atoms with E-state index < -0.39 is 0 Å². The minimum atomic E-state index is -0.191. The van der Waals surface area contributed by atoms with Gasteiger partial charge in [0.2, 0.25) is 5.91 Å². The van der Waals surface area contributed by atoms with Crippen molar-refractivity contribution in [1.29, 1.82) is 0 Å². The zero-order valence-corrected chi connectivity index (χ0v) is 16.8. The number of aromatic nitrogens is 3. The lowest BCUT2D eigenvalue weighted by molar-refractivity contribution is -0.131. The van der Waals surface area contributed by atoms with Gasteiger partial charge in [0.25, 0.3) is 0 Å². The van der Waals surface area contributed by atoms with Gasteiger partial charge in [-0.2, -0.15) is 5.10 Å². The first-order valence-electron chi connectivity index (χ1n) is 9.81. The molecule has 3 aromatic rings. The molecule has 1 aromatic heterocycles. The molecule has 0 aliphatic carbocycles. The molecule has 0 unspecified atom stereocenters. The highest BCUT2D eigenvalue weighted by molar-refractivity contribution is 6.30. The Morgan fingerprint density at radius 1 is 1.07 bits per heavy atom. The van der Waals surface area contributed by atoms with Gasteiger partial charge in [-0.25, -0.2) is 9.48 Å². The van der Waals surface area contributed by atoms with E-state index in [1.54, 1.807) is 6.07 Å². The predicted octanol–water partition coefficient (Wildman–Crippen LogP) is 3.22. The number of aromatic amines is 1. The van der Waals surface area contributed by atoms with E-state index in [4.69, 9.17) is 11.6 Å². The van der Waals surface area contributed by atoms with Crippen LogP contribution in [-0.2, 0) is 17.8 Å². The minimum absolute atomic E-state index is 0.105. The molecular formula is C22H23ClN4O2. The Labute approximate surface area is 174 Å². The minimum Gasteiger partial charge on any atom is -0.342 e. The summed E-state index contributed by atoms with van der Waals surface area (Å²) in [7, 11) is 0. The molecule has 1 fully saturated rings. The highest BCUT2D eigenvalue weighted by Crippen LogP contribution is 2.25. The molecule has 0 bridgehead atoms. The van der Waals surface area contributed by atoms with Crippen LogP contribution < -0.4 is 5.69 Å². The SMILES string of the molecule is O=C(Cc1cccc(Cl)c1)N1CCC(c2nn(Cc3ccccc3)c(=O)[nH]2)CC1. The Bertz CT molecular complexity index is 1040. The van der Waals surface area contributed by atoms with Gasteiger partial charge in [0.15, 0.2) is 0 Å². The Hall–Kier alpha value is -2.86. The van der Waals surface area contributed by atoms with Crippen LogP contribution >= 0.6 is 11.6 Å². The molecule has 0 spiro atoms. The smallest absolute Gasteiger partial charge is 0.342 e. The Morgan fingerprint density at radius 3 is 2.52 bits per heavy atom. The summed E-state index contributed by atoms with van der Waals surface area (Å²) in [5, 5.41) is 5.15. The Morgan fingerprint density at radius 2 is 1.79 bits per heavy atom. The second-order valence-electron chi connectivity index (χ2n) is 7.42. The lowest BCUT2D eigenvalue weighted by atomic mass is 9.95. The molecule has 7 heteroatoms. The van der Waals surface area contributed by atoms with E-state index in [9.17, 15) is 9.59 Å². The largest absolute Gasteiger partial charge is 0.343 e. The molecular weight excluding hydrogens is 388 g/mol. The van der Waals surface area contributed by atoms with Crippen molar-refractivity contribution >= 4 is 17.5 Å². The van der Waals surface area contributed by atoms with Crippen molar-refractivity contribution in [3.8, 4) is 0 Å². The van der Waals surface area contributed by atoms with E-state index in [1.807, 2.05) is 53.4 Å². The van der Waals surface area contributed by atoms with Crippen LogP contribution in [-0.4, -0.2) is 38.7 Å². The number of likely N-dealkylation sites (tertiary alicyclic amines) is 1. The van der Waals surface area contributed by atoms with Crippen molar-refractivity contribution in [3.05, 3.63) is 87.1 Å². The fourth-order valence-electron chi connectivity index (χ4n) is 3.76. The summed E-state index contributed by atoms with van der Waals surface area (Å²) in [6, 6.07) is 17.2. The van der Waals surface area contributed by atoms with Crippen molar-refractivity contribution in [1.82, 2.24) is 19.7 Å². The molecule has 1 aliphatic rings. The molecule has 0 saturated carbocycles. The average Bonchev–Trinajstić information content (AvgIpc) is 3.09. The Balaban J connectivity index is 1.35. The normalized spacial score (nSPS) is 14.9. The highest BCUT2D eigenvalue weighted by atomic mass is 35.5. The van der Waals surface area contributed by atoms with Crippen LogP contribution in [0.15, 0.2) is 59.4 Å². The third-order valence-electron chi connectivity index (χ3n) is 5.35. The maximum absolute atomic E-state index is 12.6. The molecule has 2 aromatic carbocycles. The number of hydrogen-bond acceptors (Lipinski definition) is 3. The Kier molecular flexibility index (Phi) is 5.81. The number of amides is 1. The van der Waals surface area contributed by atoms with Crippen molar-refractivity contribution in [2.24, 2.45) is 0 Å². The van der Waals surface area contributed by atoms with E-state index in [2.05, 4.69) is 10.1 Å². The zero-order chi connectivity index (χ0) is 20.2. The van der Waals surface area contributed by atoms with E-state index in [0.29, 0.717) is 36.9 Å². The van der Waals surface area contributed by atoms with Gasteiger partial charge in [-0.1, -0.05) is 54.1 Å². The maximum atomic E-state index is 12.6. The van der Waals surface area contributed by atoms with Gasteiger partial charge < -0.3 is 4.90 Å². The van der Waals surface area contributed by atoms with Gasteiger partial charge in [0.1, 0.15) is 5.82 Å². The van der Waals surface area contributed by atoms with E-state index in [-0.39, 0.29) is 17.5 Å². The fourth-order valence-corrected chi connectivity index (χ4v) is 3.97. The first-order valence-corrected chi connectivity index (χ1v) is 10.2. The topological polar surface area (TPSA) is 71.0 Å². The second kappa shape index (κ2) is 8.66.